The molecule has 0 radical (unpaired) electrons. The molecule has 4 rings (SSSR count). The zero-order chi connectivity index (χ0) is 32.3. The summed E-state index contributed by atoms with van der Waals surface area (Å²) in [5, 5.41) is 0. The fourth-order valence-corrected chi connectivity index (χ4v) is 5.93. The lowest BCUT2D eigenvalue weighted by molar-refractivity contribution is -0.131. The van der Waals surface area contributed by atoms with Gasteiger partial charge in [0.1, 0.15) is 5.82 Å². The van der Waals surface area contributed by atoms with E-state index >= 15 is 0 Å². The number of hydrogen-bond acceptors (Lipinski definition) is 7. The van der Waals surface area contributed by atoms with Crippen molar-refractivity contribution in [3.8, 4) is 17.2 Å². The topological polar surface area (TPSA) is 84.4 Å². The van der Waals surface area contributed by atoms with Crippen LogP contribution in [0.1, 0.15) is 54.6 Å². The van der Waals surface area contributed by atoms with Gasteiger partial charge in [0.05, 0.1) is 26.9 Å². The molecule has 9 nitrogen and oxygen atoms in total. The molecule has 1 aromatic heterocycles. The van der Waals surface area contributed by atoms with E-state index < -0.39 is 5.82 Å². The number of carbonyl (C=O) groups excluding carboxylic acids is 2. The zero-order valence-electron chi connectivity index (χ0n) is 27.1. The summed E-state index contributed by atoms with van der Waals surface area (Å²) in [6, 6.07) is 11.6. The Bertz CT molecular complexity index is 1440. The third kappa shape index (κ3) is 8.72. The molecule has 3 aromatic rings. The number of hydrogen-bond donors (Lipinski definition) is 0. The summed E-state index contributed by atoms with van der Waals surface area (Å²) >= 11 is 0. The van der Waals surface area contributed by atoms with Gasteiger partial charge in [-0.25, -0.2) is 4.39 Å². The molecule has 0 fully saturated rings. The number of nitrogens with zero attached hydrogens (tertiary/aromatic N) is 4. The maximum Gasteiger partial charge on any atom is 0.259 e. The fourth-order valence-electron chi connectivity index (χ4n) is 5.93. The Morgan fingerprint density at radius 1 is 0.933 bits per heavy atom. The summed E-state index contributed by atoms with van der Waals surface area (Å²) in [4.78, 5) is 37.7. The maximum absolute atomic E-state index is 14.7. The first-order chi connectivity index (χ1) is 21.7. The average molecular weight is 621 g/mol. The van der Waals surface area contributed by atoms with E-state index in [0.717, 1.165) is 38.0 Å². The van der Waals surface area contributed by atoms with Gasteiger partial charge in [-0.05, 0) is 85.8 Å². The van der Waals surface area contributed by atoms with Gasteiger partial charge >= 0.3 is 0 Å². The van der Waals surface area contributed by atoms with Crippen LogP contribution in [0, 0.1) is 11.7 Å². The number of ether oxygens (including phenoxy) is 3. The molecule has 0 atom stereocenters. The molecule has 0 aliphatic carbocycles. The Kier molecular flexibility index (Phi) is 12.2. The molecule has 10 heteroatoms. The molecule has 0 saturated heterocycles. The third-order valence-electron chi connectivity index (χ3n) is 7.98. The van der Waals surface area contributed by atoms with Crippen LogP contribution < -0.4 is 19.1 Å². The van der Waals surface area contributed by atoms with Gasteiger partial charge in [-0.1, -0.05) is 19.9 Å². The van der Waals surface area contributed by atoms with Crippen LogP contribution in [0.25, 0.3) is 0 Å². The number of fused-ring (bicyclic) bond motifs is 1. The number of amides is 2. The normalized spacial score (nSPS) is 14.7. The first-order valence-electron chi connectivity index (χ1n) is 15.5. The van der Waals surface area contributed by atoms with E-state index in [2.05, 4.69) is 23.7 Å². The first-order valence-corrected chi connectivity index (χ1v) is 15.5. The van der Waals surface area contributed by atoms with Crippen molar-refractivity contribution in [3.05, 3.63) is 77.4 Å². The zero-order valence-corrected chi connectivity index (χ0v) is 27.1. The first kappa shape index (κ1) is 33.7. The number of pyridine rings is 1. The lowest BCUT2D eigenvalue weighted by Crippen LogP contribution is -2.40. The van der Waals surface area contributed by atoms with Crippen LogP contribution in [-0.4, -0.2) is 80.7 Å². The summed E-state index contributed by atoms with van der Waals surface area (Å²) in [5.74, 6) is 1.33. The van der Waals surface area contributed by atoms with Crippen molar-refractivity contribution in [2.24, 2.45) is 5.92 Å². The van der Waals surface area contributed by atoms with Crippen molar-refractivity contribution < 1.29 is 28.2 Å². The van der Waals surface area contributed by atoms with Crippen LogP contribution in [0.4, 0.5) is 10.1 Å². The van der Waals surface area contributed by atoms with Crippen LogP contribution in [0.3, 0.4) is 0 Å². The SMILES string of the molecule is COc1ccc(CCC(=O)N2CCCN(CC(C)C)CCCN(C(=O)c3cccnc3)c3ccc(F)cc3C2)c(OC)c1OC. The molecule has 0 bridgehead atoms. The quantitative estimate of drug-likeness (QED) is 0.308. The number of benzene rings is 2. The van der Waals surface area contributed by atoms with Crippen molar-refractivity contribution >= 4 is 17.5 Å². The predicted molar refractivity (Wildman–Crippen MR) is 173 cm³/mol. The molecule has 242 valence electrons. The number of carbonyl (C=O) groups is 2. The number of anilines is 1. The number of methoxy groups -OCH3 is 3. The standard InChI is InChI=1S/C35H45FN4O5/c1-25(2)23-38-17-7-19-39(32(41)15-11-26-10-14-31(43-3)34(45-5)33(26)44-4)24-28-21-29(36)12-13-30(28)40(20-8-18-38)35(42)27-9-6-16-37-22-27/h6,9-10,12-14,16,21-22,25H,7-8,11,15,17-20,23-24H2,1-5H3. The molecule has 0 N–H and O–H groups in total. The molecule has 2 amide bonds. The molecule has 2 heterocycles. The second-order valence-electron chi connectivity index (χ2n) is 11.7. The van der Waals surface area contributed by atoms with Crippen molar-refractivity contribution in [2.75, 3.05) is 59.0 Å². The van der Waals surface area contributed by atoms with Crippen LogP contribution in [0.5, 0.6) is 17.2 Å². The number of aryl methyl sites for hydroxylation is 1. The summed E-state index contributed by atoms with van der Waals surface area (Å²) in [6.07, 6.45) is 5.34. The highest BCUT2D eigenvalue weighted by atomic mass is 19.1. The lowest BCUT2D eigenvalue weighted by Gasteiger charge is -2.32. The fraction of sp³-hybridized carbons (Fsp3) is 0.457. The van der Waals surface area contributed by atoms with Gasteiger partial charge < -0.3 is 28.9 Å². The molecule has 0 unspecified atom stereocenters. The van der Waals surface area contributed by atoms with Gasteiger partial charge in [-0.2, -0.15) is 0 Å². The van der Waals surface area contributed by atoms with Crippen LogP contribution in [0.15, 0.2) is 54.9 Å². The molecule has 0 spiro atoms. The Balaban J connectivity index is 1.66. The van der Waals surface area contributed by atoms with E-state index in [0.29, 0.717) is 59.5 Å². The van der Waals surface area contributed by atoms with Crippen LogP contribution in [-0.2, 0) is 17.8 Å². The van der Waals surface area contributed by atoms with Crippen molar-refractivity contribution in [1.82, 2.24) is 14.8 Å². The lowest BCUT2D eigenvalue weighted by atomic mass is 10.1. The monoisotopic (exact) mass is 620 g/mol. The molecule has 1 aliphatic heterocycles. The van der Waals surface area contributed by atoms with Crippen molar-refractivity contribution in [2.45, 2.75) is 46.1 Å². The second-order valence-corrected chi connectivity index (χ2v) is 11.7. The minimum atomic E-state index is -0.416. The summed E-state index contributed by atoms with van der Waals surface area (Å²) in [5.41, 5.74) is 2.46. The molecule has 1 aliphatic rings. The number of aromatic nitrogens is 1. The van der Waals surface area contributed by atoms with Gasteiger partial charge in [0.25, 0.3) is 5.91 Å². The molecule has 0 saturated carbocycles. The van der Waals surface area contributed by atoms with E-state index in [1.165, 1.54) is 12.1 Å². The van der Waals surface area contributed by atoms with Gasteiger partial charge in [0, 0.05) is 50.7 Å². The van der Waals surface area contributed by atoms with Crippen LogP contribution in [0.2, 0.25) is 0 Å². The van der Waals surface area contributed by atoms with E-state index in [1.54, 1.807) is 67.8 Å². The highest BCUT2D eigenvalue weighted by Crippen LogP contribution is 2.40. The second kappa shape index (κ2) is 16.2. The Hall–Kier alpha value is -4.18. The molecule has 2 aromatic carbocycles. The highest BCUT2D eigenvalue weighted by Gasteiger charge is 2.25. The third-order valence-corrected chi connectivity index (χ3v) is 7.98. The molecular weight excluding hydrogens is 575 g/mol. The number of halogens is 1. The summed E-state index contributed by atoms with van der Waals surface area (Å²) in [6.45, 7) is 8.06. The Labute approximate surface area is 265 Å². The summed E-state index contributed by atoms with van der Waals surface area (Å²) in [7, 11) is 4.67. The van der Waals surface area contributed by atoms with E-state index in [4.69, 9.17) is 14.2 Å². The predicted octanol–water partition coefficient (Wildman–Crippen LogP) is 5.61. The van der Waals surface area contributed by atoms with Crippen molar-refractivity contribution in [3.63, 3.8) is 0 Å². The molecule has 45 heavy (non-hydrogen) atoms. The average Bonchev–Trinajstić information content (AvgIpc) is 3.04. The van der Waals surface area contributed by atoms with E-state index in [1.807, 2.05) is 6.07 Å². The van der Waals surface area contributed by atoms with Gasteiger partial charge in [-0.3, -0.25) is 14.6 Å². The van der Waals surface area contributed by atoms with E-state index in [9.17, 15) is 14.0 Å². The minimum Gasteiger partial charge on any atom is -0.493 e. The largest absolute Gasteiger partial charge is 0.493 e. The Morgan fingerprint density at radius 2 is 1.69 bits per heavy atom. The highest BCUT2D eigenvalue weighted by molar-refractivity contribution is 6.06. The molecular formula is C35H45FN4O5. The smallest absolute Gasteiger partial charge is 0.259 e. The number of rotatable bonds is 9. The maximum atomic E-state index is 14.7. The van der Waals surface area contributed by atoms with Crippen LogP contribution >= 0.6 is 0 Å². The van der Waals surface area contributed by atoms with Crippen molar-refractivity contribution in [1.29, 1.82) is 0 Å². The van der Waals surface area contributed by atoms with Gasteiger partial charge in [-0.15, -0.1) is 0 Å². The Morgan fingerprint density at radius 3 is 2.36 bits per heavy atom. The summed E-state index contributed by atoms with van der Waals surface area (Å²) < 4.78 is 31.3. The van der Waals surface area contributed by atoms with Gasteiger partial charge in [0.15, 0.2) is 11.5 Å². The van der Waals surface area contributed by atoms with Gasteiger partial charge in [0.2, 0.25) is 11.7 Å². The minimum absolute atomic E-state index is 0.0698. The van der Waals surface area contributed by atoms with E-state index in [-0.39, 0.29) is 24.8 Å².